The highest BCUT2D eigenvalue weighted by Gasteiger charge is 2.32. The number of nitrogens with one attached hydrogen (secondary N) is 1. The highest BCUT2D eigenvalue weighted by Crippen LogP contribution is 2.25. The Kier molecular flexibility index (Phi) is 8.30. The molecule has 2 fully saturated rings. The fourth-order valence-electron chi connectivity index (χ4n) is 4.55. The molecule has 1 N–H and O–H groups in total. The van der Waals surface area contributed by atoms with E-state index in [0.29, 0.717) is 13.2 Å². The SMILES string of the molecule is Cc1ccc(OC[C@H]2C[C@@H](C(=O)NCCN3CCOCC3)CN(Cc3nccn3C)C2)cn1. The molecule has 0 bridgehead atoms. The molecule has 0 radical (unpaired) electrons. The van der Waals surface area contributed by atoms with Crippen LogP contribution in [-0.2, 0) is 23.1 Å². The van der Waals surface area contributed by atoms with Gasteiger partial charge in [-0.2, -0.15) is 0 Å². The first kappa shape index (κ1) is 23.7. The van der Waals surface area contributed by atoms with Crippen LogP contribution in [0.3, 0.4) is 0 Å². The van der Waals surface area contributed by atoms with Gasteiger partial charge in [-0.25, -0.2) is 4.98 Å². The van der Waals surface area contributed by atoms with Gasteiger partial charge in [0.05, 0.1) is 38.5 Å². The van der Waals surface area contributed by atoms with E-state index in [2.05, 4.69) is 25.1 Å². The fourth-order valence-corrected chi connectivity index (χ4v) is 4.55. The number of hydrogen-bond donors (Lipinski definition) is 1. The molecule has 0 aliphatic carbocycles. The second-order valence-corrected chi connectivity index (χ2v) is 9.14. The van der Waals surface area contributed by atoms with Gasteiger partial charge in [-0.15, -0.1) is 0 Å². The lowest BCUT2D eigenvalue weighted by Crippen LogP contribution is -2.49. The highest BCUT2D eigenvalue weighted by molar-refractivity contribution is 5.79. The number of pyridine rings is 1. The number of morpholine rings is 1. The second-order valence-electron chi connectivity index (χ2n) is 9.14. The smallest absolute Gasteiger partial charge is 0.224 e. The molecule has 0 saturated carbocycles. The third-order valence-corrected chi connectivity index (χ3v) is 6.47. The van der Waals surface area contributed by atoms with Crippen LogP contribution in [0.1, 0.15) is 17.9 Å². The second kappa shape index (κ2) is 11.6. The standard InChI is InChI=1S/C24H36N6O3/c1-19-3-4-22(14-27-19)33-18-20-13-21(16-30(15-20)17-23-25-5-7-28(23)2)24(31)26-6-8-29-9-11-32-12-10-29/h3-5,7,14,20-21H,6,8-13,15-18H2,1-2H3,(H,26,31)/t20-,21+/m0/s1. The number of ether oxygens (including phenoxy) is 2. The van der Waals surface area contributed by atoms with E-state index >= 15 is 0 Å². The van der Waals surface area contributed by atoms with Crippen molar-refractivity contribution >= 4 is 5.91 Å². The minimum absolute atomic E-state index is 0.0616. The lowest BCUT2D eigenvalue weighted by atomic mass is 9.89. The van der Waals surface area contributed by atoms with Crippen molar-refractivity contribution in [3.05, 3.63) is 42.2 Å². The molecule has 9 heteroatoms. The number of aromatic nitrogens is 3. The van der Waals surface area contributed by atoms with Gasteiger partial charge in [0, 0.05) is 70.3 Å². The highest BCUT2D eigenvalue weighted by atomic mass is 16.5. The van der Waals surface area contributed by atoms with E-state index < -0.39 is 0 Å². The van der Waals surface area contributed by atoms with Crippen molar-refractivity contribution < 1.29 is 14.3 Å². The van der Waals surface area contributed by atoms with Crippen molar-refractivity contribution in [3.63, 3.8) is 0 Å². The van der Waals surface area contributed by atoms with E-state index in [1.54, 1.807) is 6.20 Å². The van der Waals surface area contributed by atoms with Crippen LogP contribution in [-0.4, -0.2) is 89.3 Å². The summed E-state index contributed by atoms with van der Waals surface area (Å²) in [5.41, 5.74) is 0.968. The number of aryl methyl sites for hydroxylation is 2. The molecular formula is C24H36N6O3. The van der Waals surface area contributed by atoms with Gasteiger partial charge < -0.3 is 19.4 Å². The van der Waals surface area contributed by atoms with Crippen LogP contribution >= 0.6 is 0 Å². The molecule has 4 rings (SSSR count). The fraction of sp³-hybridized carbons (Fsp3) is 0.625. The molecule has 0 aromatic carbocycles. The van der Waals surface area contributed by atoms with Gasteiger partial charge in [-0.05, 0) is 25.5 Å². The molecule has 33 heavy (non-hydrogen) atoms. The molecule has 4 heterocycles. The van der Waals surface area contributed by atoms with E-state index in [9.17, 15) is 4.79 Å². The number of carbonyl (C=O) groups excluding carboxylic acids is 1. The van der Waals surface area contributed by atoms with Crippen molar-refractivity contribution in [1.82, 2.24) is 29.7 Å². The Hall–Kier alpha value is -2.49. The summed E-state index contributed by atoms with van der Waals surface area (Å²) in [6.45, 7) is 9.83. The number of nitrogens with zero attached hydrogens (tertiary/aromatic N) is 5. The molecule has 9 nitrogen and oxygen atoms in total. The van der Waals surface area contributed by atoms with Gasteiger partial charge in [0.15, 0.2) is 0 Å². The summed E-state index contributed by atoms with van der Waals surface area (Å²) in [6, 6.07) is 3.90. The van der Waals surface area contributed by atoms with Crippen molar-refractivity contribution in [3.8, 4) is 5.75 Å². The summed E-state index contributed by atoms with van der Waals surface area (Å²) in [7, 11) is 2.01. The van der Waals surface area contributed by atoms with E-state index in [4.69, 9.17) is 9.47 Å². The number of carbonyl (C=O) groups is 1. The normalized spacial score (nSPS) is 22.2. The van der Waals surface area contributed by atoms with Crippen LogP contribution in [0, 0.1) is 18.8 Å². The van der Waals surface area contributed by atoms with E-state index in [1.807, 2.05) is 43.1 Å². The van der Waals surface area contributed by atoms with Gasteiger partial charge >= 0.3 is 0 Å². The molecular weight excluding hydrogens is 420 g/mol. The Labute approximate surface area is 196 Å². The quantitative estimate of drug-likeness (QED) is 0.605. The molecule has 0 spiro atoms. The van der Waals surface area contributed by atoms with Crippen LogP contribution in [0.25, 0.3) is 0 Å². The van der Waals surface area contributed by atoms with Gasteiger partial charge in [-0.3, -0.25) is 19.6 Å². The van der Waals surface area contributed by atoms with Crippen LogP contribution < -0.4 is 10.1 Å². The summed E-state index contributed by atoms with van der Waals surface area (Å²) in [6.07, 6.45) is 6.36. The van der Waals surface area contributed by atoms with Crippen molar-refractivity contribution in [2.75, 3.05) is 59.1 Å². The molecule has 2 saturated heterocycles. The van der Waals surface area contributed by atoms with Gasteiger partial charge in [-0.1, -0.05) is 0 Å². The molecule has 2 aliphatic rings. The predicted octanol–water partition coefficient (Wildman–Crippen LogP) is 1.09. The Bertz CT molecular complexity index is 881. The summed E-state index contributed by atoms with van der Waals surface area (Å²) in [5.74, 6) is 2.11. The molecule has 180 valence electrons. The lowest BCUT2D eigenvalue weighted by Gasteiger charge is -2.37. The molecule has 2 aromatic rings. The van der Waals surface area contributed by atoms with Gasteiger partial charge in [0.25, 0.3) is 0 Å². The van der Waals surface area contributed by atoms with E-state index in [-0.39, 0.29) is 17.7 Å². The van der Waals surface area contributed by atoms with Crippen molar-refractivity contribution in [1.29, 1.82) is 0 Å². The maximum Gasteiger partial charge on any atom is 0.224 e. The number of piperidine rings is 1. The molecule has 0 unspecified atom stereocenters. The summed E-state index contributed by atoms with van der Waals surface area (Å²) >= 11 is 0. The average molecular weight is 457 g/mol. The monoisotopic (exact) mass is 456 g/mol. The maximum atomic E-state index is 13.1. The molecule has 1 amide bonds. The van der Waals surface area contributed by atoms with E-state index in [1.165, 1.54) is 0 Å². The number of hydrogen-bond acceptors (Lipinski definition) is 7. The first-order chi connectivity index (χ1) is 16.1. The van der Waals surface area contributed by atoms with Crippen LogP contribution in [0.4, 0.5) is 0 Å². The summed E-state index contributed by atoms with van der Waals surface area (Å²) in [4.78, 5) is 26.5. The first-order valence-corrected chi connectivity index (χ1v) is 11.9. The van der Waals surface area contributed by atoms with Gasteiger partial charge in [0.2, 0.25) is 5.91 Å². The zero-order chi connectivity index (χ0) is 23.0. The Balaban J connectivity index is 1.33. The maximum absolute atomic E-state index is 13.1. The summed E-state index contributed by atoms with van der Waals surface area (Å²) in [5, 5.41) is 3.17. The molecule has 2 aliphatic heterocycles. The minimum Gasteiger partial charge on any atom is -0.492 e. The zero-order valence-electron chi connectivity index (χ0n) is 19.8. The molecule has 2 aromatic heterocycles. The van der Waals surface area contributed by atoms with Crippen LogP contribution in [0.5, 0.6) is 5.75 Å². The Morgan fingerprint density at radius 3 is 2.79 bits per heavy atom. The largest absolute Gasteiger partial charge is 0.492 e. The topological polar surface area (TPSA) is 84.8 Å². The zero-order valence-corrected chi connectivity index (χ0v) is 19.8. The van der Waals surface area contributed by atoms with Crippen LogP contribution in [0.15, 0.2) is 30.7 Å². The number of imidazole rings is 1. The molecule has 2 atom stereocenters. The van der Waals surface area contributed by atoms with E-state index in [0.717, 1.165) is 76.2 Å². The minimum atomic E-state index is -0.0616. The third kappa shape index (κ3) is 6.99. The Morgan fingerprint density at radius 1 is 1.21 bits per heavy atom. The predicted molar refractivity (Wildman–Crippen MR) is 125 cm³/mol. The van der Waals surface area contributed by atoms with Gasteiger partial charge in [0.1, 0.15) is 11.6 Å². The summed E-state index contributed by atoms with van der Waals surface area (Å²) < 4.78 is 13.5. The Morgan fingerprint density at radius 2 is 2.06 bits per heavy atom. The number of rotatable bonds is 9. The van der Waals surface area contributed by atoms with Crippen molar-refractivity contribution in [2.45, 2.75) is 19.9 Å². The number of amides is 1. The lowest BCUT2D eigenvalue weighted by molar-refractivity contribution is -0.127. The third-order valence-electron chi connectivity index (χ3n) is 6.47. The average Bonchev–Trinajstić information content (AvgIpc) is 3.23. The number of likely N-dealkylation sites (tertiary alicyclic amines) is 1. The van der Waals surface area contributed by atoms with Crippen LogP contribution in [0.2, 0.25) is 0 Å². The first-order valence-electron chi connectivity index (χ1n) is 11.9. The van der Waals surface area contributed by atoms with Crippen molar-refractivity contribution in [2.24, 2.45) is 18.9 Å².